The second kappa shape index (κ2) is 7.61. The Bertz CT molecular complexity index is 919. The van der Waals surface area contributed by atoms with E-state index in [1.807, 2.05) is 36.5 Å². The van der Waals surface area contributed by atoms with Crippen LogP contribution >= 0.6 is 0 Å². The van der Waals surface area contributed by atoms with Crippen molar-refractivity contribution in [2.45, 2.75) is 26.2 Å². The number of aromatic nitrogens is 3. The van der Waals surface area contributed by atoms with Crippen LogP contribution in [-0.2, 0) is 19.3 Å². The van der Waals surface area contributed by atoms with E-state index in [0.29, 0.717) is 6.54 Å². The van der Waals surface area contributed by atoms with Crippen molar-refractivity contribution in [3.05, 3.63) is 82.9 Å². The van der Waals surface area contributed by atoms with Crippen LogP contribution in [0, 0.1) is 6.92 Å². The molecule has 5 nitrogen and oxygen atoms in total. The summed E-state index contributed by atoms with van der Waals surface area (Å²) in [4.78, 5) is 15.7. The van der Waals surface area contributed by atoms with Crippen LogP contribution in [0.1, 0.15) is 32.9 Å². The highest BCUT2D eigenvalue weighted by Gasteiger charge is 2.33. The molecule has 0 spiro atoms. The summed E-state index contributed by atoms with van der Waals surface area (Å²) < 4.78 is 39.8. The van der Waals surface area contributed by atoms with Crippen molar-refractivity contribution in [1.29, 1.82) is 0 Å². The van der Waals surface area contributed by atoms with Crippen LogP contribution in [0.5, 0.6) is 0 Å². The predicted octanol–water partition coefficient (Wildman–Crippen LogP) is 3.58. The fraction of sp³-hybridized carbons (Fsp3) is 0.211. The molecule has 0 aliphatic rings. The zero-order valence-corrected chi connectivity index (χ0v) is 14.5. The molecule has 1 N–H and O–H groups in total. The average molecular weight is 374 g/mol. The van der Waals surface area contributed by atoms with Gasteiger partial charge in [-0.2, -0.15) is 18.3 Å². The second-order valence-electron chi connectivity index (χ2n) is 6.03. The number of pyridine rings is 1. The molecule has 2 aromatic heterocycles. The summed E-state index contributed by atoms with van der Waals surface area (Å²) in [7, 11) is 0. The van der Waals surface area contributed by atoms with Gasteiger partial charge in [-0.15, -0.1) is 0 Å². The fourth-order valence-electron chi connectivity index (χ4n) is 2.58. The molecular weight excluding hydrogens is 357 g/mol. The van der Waals surface area contributed by atoms with E-state index in [0.717, 1.165) is 23.3 Å². The SMILES string of the molecule is Cc1nc(C(F)(F)F)ccc1C(=O)NCc1ccc(Cn2cccn2)cc1. The number of alkyl halides is 3. The van der Waals surface area contributed by atoms with Gasteiger partial charge in [-0.1, -0.05) is 24.3 Å². The lowest BCUT2D eigenvalue weighted by Crippen LogP contribution is -2.24. The highest BCUT2D eigenvalue weighted by atomic mass is 19.4. The maximum Gasteiger partial charge on any atom is 0.433 e. The lowest BCUT2D eigenvalue weighted by Gasteiger charge is -2.11. The molecule has 0 atom stereocenters. The topological polar surface area (TPSA) is 59.8 Å². The van der Waals surface area contributed by atoms with Gasteiger partial charge in [0.2, 0.25) is 0 Å². The van der Waals surface area contributed by atoms with E-state index >= 15 is 0 Å². The lowest BCUT2D eigenvalue weighted by molar-refractivity contribution is -0.141. The quantitative estimate of drug-likeness (QED) is 0.743. The Morgan fingerprint density at radius 1 is 1.11 bits per heavy atom. The molecule has 0 aliphatic carbocycles. The number of carbonyl (C=O) groups is 1. The highest BCUT2D eigenvalue weighted by Crippen LogP contribution is 2.28. The van der Waals surface area contributed by atoms with Crippen LogP contribution in [0.4, 0.5) is 13.2 Å². The van der Waals surface area contributed by atoms with E-state index in [2.05, 4.69) is 15.4 Å². The molecule has 3 aromatic rings. The average Bonchev–Trinajstić information content (AvgIpc) is 3.13. The molecule has 0 radical (unpaired) electrons. The van der Waals surface area contributed by atoms with Crippen LogP contribution in [-0.4, -0.2) is 20.7 Å². The molecule has 27 heavy (non-hydrogen) atoms. The lowest BCUT2D eigenvalue weighted by atomic mass is 10.1. The number of aryl methyl sites for hydroxylation is 1. The second-order valence-corrected chi connectivity index (χ2v) is 6.03. The fourth-order valence-corrected chi connectivity index (χ4v) is 2.58. The molecule has 0 saturated heterocycles. The molecule has 140 valence electrons. The first-order chi connectivity index (χ1) is 12.8. The maximum atomic E-state index is 12.7. The van der Waals surface area contributed by atoms with Crippen LogP contribution in [0.25, 0.3) is 0 Å². The predicted molar refractivity (Wildman–Crippen MR) is 92.9 cm³/mol. The minimum Gasteiger partial charge on any atom is -0.348 e. The van der Waals surface area contributed by atoms with Crippen molar-refractivity contribution in [3.63, 3.8) is 0 Å². The number of hydrogen-bond acceptors (Lipinski definition) is 3. The van der Waals surface area contributed by atoms with E-state index in [1.165, 1.54) is 6.92 Å². The van der Waals surface area contributed by atoms with E-state index in [-0.39, 0.29) is 17.8 Å². The number of rotatable bonds is 5. The van der Waals surface area contributed by atoms with Crippen LogP contribution in [0.15, 0.2) is 54.9 Å². The maximum absolute atomic E-state index is 12.7. The van der Waals surface area contributed by atoms with Gasteiger partial charge in [0.1, 0.15) is 5.69 Å². The number of carbonyl (C=O) groups excluding carboxylic acids is 1. The summed E-state index contributed by atoms with van der Waals surface area (Å²) in [5, 5.41) is 6.84. The Morgan fingerprint density at radius 2 is 1.81 bits per heavy atom. The molecule has 0 bridgehead atoms. The van der Waals surface area contributed by atoms with Crippen molar-refractivity contribution >= 4 is 5.91 Å². The smallest absolute Gasteiger partial charge is 0.348 e. The molecule has 0 aliphatic heterocycles. The number of nitrogens with zero attached hydrogens (tertiary/aromatic N) is 3. The molecule has 0 fully saturated rings. The van der Waals surface area contributed by atoms with Gasteiger partial charge in [-0.05, 0) is 36.2 Å². The van der Waals surface area contributed by atoms with Gasteiger partial charge in [-0.3, -0.25) is 9.48 Å². The molecule has 1 aromatic carbocycles. The summed E-state index contributed by atoms with van der Waals surface area (Å²) in [5.41, 5.74) is 1.10. The van der Waals surface area contributed by atoms with Crippen LogP contribution in [0.3, 0.4) is 0 Å². The van der Waals surface area contributed by atoms with Gasteiger partial charge in [0.15, 0.2) is 0 Å². The van der Waals surface area contributed by atoms with E-state index in [4.69, 9.17) is 0 Å². The minimum absolute atomic E-state index is 0.0388. The molecule has 8 heteroatoms. The Hall–Kier alpha value is -3.16. The van der Waals surface area contributed by atoms with Crippen molar-refractivity contribution in [2.75, 3.05) is 0 Å². The largest absolute Gasteiger partial charge is 0.433 e. The third-order valence-electron chi connectivity index (χ3n) is 4.00. The number of benzene rings is 1. The minimum atomic E-state index is -4.53. The first-order valence-electron chi connectivity index (χ1n) is 8.21. The number of halogens is 3. The van der Waals surface area contributed by atoms with Gasteiger partial charge < -0.3 is 5.32 Å². The van der Waals surface area contributed by atoms with Gasteiger partial charge in [-0.25, -0.2) is 4.98 Å². The number of nitrogens with one attached hydrogen (secondary N) is 1. The Morgan fingerprint density at radius 3 is 2.41 bits per heavy atom. The molecule has 3 rings (SSSR count). The number of hydrogen-bond donors (Lipinski definition) is 1. The van der Waals surface area contributed by atoms with Crippen molar-refractivity contribution in [2.24, 2.45) is 0 Å². The molecule has 2 heterocycles. The van der Waals surface area contributed by atoms with Crippen molar-refractivity contribution in [3.8, 4) is 0 Å². The third-order valence-corrected chi connectivity index (χ3v) is 4.00. The first-order valence-corrected chi connectivity index (χ1v) is 8.21. The Labute approximate surface area is 153 Å². The summed E-state index contributed by atoms with van der Waals surface area (Å²) >= 11 is 0. The summed E-state index contributed by atoms with van der Waals surface area (Å²) in [6, 6.07) is 11.5. The Balaban J connectivity index is 1.60. The van der Waals surface area contributed by atoms with E-state index in [9.17, 15) is 18.0 Å². The van der Waals surface area contributed by atoms with Crippen LogP contribution < -0.4 is 5.32 Å². The van der Waals surface area contributed by atoms with Gasteiger partial charge in [0.25, 0.3) is 5.91 Å². The van der Waals surface area contributed by atoms with Crippen molar-refractivity contribution in [1.82, 2.24) is 20.1 Å². The molecule has 1 amide bonds. The Kier molecular flexibility index (Phi) is 5.25. The molecular formula is C19H17F3N4O. The van der Waals surface area contributed by atoms with E-state index < -0.39 is 17.8 Å². The third kappa shape index (κ3) is 4.72. The molecule has 0 unspecified atom stereocenters. The van der Waals surface area contributed by atoms with E-state index in [1.54, 1.807) is 10.9 Å². The highest BCUT2D eigenvalue weighted by molar-refractivity contribution is 5.95. The van der Waals surface area contributed by atoms with Crippen molar-refractivity contribution < 1.29 is 18.0 Å². The monoisotopic (exact) mass is 374 g/mol. The first kappa shape index (κ1) is 18.6. The van der Waals surface area contributed by atoms with Gasteiger partial charge in [0, 0.05) is 18.9 Å². The number of amides is 1. The standard InChI is InChI=1S/C19H17F3N4O/c1-13-16(7-8-17(25-13)19(20,21)22)18(27)23-11-14-3-5-15(6-4-14)12-26-10-2-9-24-26/h2-10H,11-12H2,1H3,(H,23,27). The normalized spacial score (nSPS) is 11.4. The molecule has 0 saturated carbocycles. The summed E-state index contributed by atoms with van der Waals surface area (Å²) in [6.45, 7) is 2.30. The zero-order chi connectivity index (χ0) is 19.4. The summed E-state index contributed by atoms with van der Waals surface area (Å²) in [6.07, 6.45) is -0.950. The van der Waals surface area contributed by atoms with Gasteiger partial charge in [0.05, 0.1) is 17.8 Å². The van der Waals surface area contributed by atoms with Gasteiger partial charge >= 0.3 is 6.18 Å². The zero-order valence-electron chi connectivity index (χ0n) is 14.5. The summed E-state index contributed by atoms with van der Waals surface area (Å²) in [5.74, 6) is -0.464. The van der Waals surface area contributed by atoms with Crippen LogP contribution in [0.2, 0.25) is 0 Å².